The van der Waals surface area contributed by atoms with E-state index in [1.54, 1.807) is 7.11 Å². The zero-order valence-corrected chi connectivity index (χ0v) is 14.9. The third kappa shape index (κ3) is 3.33. The molecule has 26 heavy (non-hydrogen) atoms. The molecule has 0 aliphatic carbocycles. The fraction of sp³-hybridized carbons (Fsp3) is 0.238. The summed E-state index contributed by atoms with van der Waals surface area (Å²) in [7, 11) is 1.72. The van der Waals surface area contributed by atoms with Crippen molar-refractivity contribution in [2.24, 2.45) is 0 Å². The molecule has 0 amide bonds. The Morgan fingerprint density at radius 3 is 2.15 bits per heavy atom. The van der Waals surface area contributed by atoms with Crippen LogP contribution in [-0.4, -0.2) is 43.3 Å². The van der Waals surface area contributed by atoms with Gasteiger partial charge in [-0.1, -0.05) is 42.5 Å². The fourth-order valence-electron chi connectivity index (χ4n) is 3.31. The van der Waals surface area contributed by atoms with E-state index in [4.69, 9.17) is 4.74 Å². The van der Waals surface area contributed by atoms with Crippen LogP contribution in [0.3, 0.4) is 0 Å². The SMILES string of the molecule is COc1ccccc1N1CCN(c2cnc(-c3ccccc3)cn2)CC1. The number of methoxy groups -OCH3 is 1. The molecule has 1 aliphatic heterocycles. The molecule has 2 heterocycles. The van der Waals surface area contributed by atoms with Gasteiger partial charge in [-0.2, -0.15) is 0 Å². The molecule has 5 nitrogen and oxygen atoms in total. The minimum absolute atomic E-state index is 0.905. The van der Waals surface area contributed by atoms with E-state index in [0.29, 0.717) is 0 Å². The monoisotopic (exact) mass is 346 g/mol. The van der Waals surface area contributed by atoms with Gasteiger partial charge in [0.2, 0.25) is 0 Å². The van der Waals surface area contributed by atoms with Gasteiger partial charge in [0.1, 0.15) is 11.6 Å². The van der Waals surface area contributed by atoms with Crippen molar-refractivity contribution in [1.29, 1.82) is 0 Å². The summed E-state index contributed by atoms with van der Waals surface area (Å²) in [4.78, 5) is 13.9. The first kappa shape index (κ1) is 16.4. The number of benzene rings is 2. The predicted octanol–water partition coefficient (Wildman–Crippen LogP) is 3.48. The van der Waals surface area contributed by atoms with Crippen LogP contribution in [0.25, 0.3) is 11.3 Å². The second-order valence-electron chi connectivity index (χ2n) is 6.27. The van der Waals surface area contributed by atoms with Crippen LogP contribution in [-0.2, 0) is 0 Å². The van der Waals surface area contributed by atoms with Crippen LogP contribution in [0.1, 0.15) is 0 Å². The highest BCUT2D eigenvalue weighted by atomic mass is 16.5. The molecule has 0 bridgehead atoms. The average Bonchev–Trinajstić information content (AvgIpc) is 2.74. The molecule has 0 radical (unpaired) electrons. The maximum atomic E-state index is 5.49. The minimum atomic E-state index is 0.905. The van der Waals surface area contributed by atoms with Gasteiger partial charge in [-0.3, -0.25) is 4.98 Å². The van der Waals surface area contributed by atoms with Crippen molar-refractivity contribution in [2.45, 2.75) is 0 Å². The van der Waals surface area contributed by atoms with Crippen molar-refractivity contribution in [3.8, 4) is 17.0 Å². The summed E-state index contributed by atoms with van der Waals surface area (Å²) in [6.07, 6.45) is 3.73. The number of rotatable bonds is 4. The quantitative estimate of drug-likeness (QED) is 0.723. The van der Waals surface area contributed by atoms with E-state index in [9.17, 15) is 0 Å². The Bertz CT molecular complexity index is 843. The molecule has 4 rings (SSSR count). The van der Waals surface area contributed by atoms with Crippen LogP contribution in [0.5, 0.6) is 5.75 Å². The predicted molar refractivity (Wildman–Crippen MR) is 105 cm³/mol. The van der Waals surface area contributed by atoms with E-state index in [1.807, 2.05) is 42.7 Å². The molecule has 0 N–H and O–H groups in total. The Balaban J connectivity index is 1.43. The molecule has 0 spiro atoms. The van der Waals surface area contributed by atoms with Crippen molar-refractivity contribution in [1.82, 2.24) is 9.97 Å². The van der Waals surface area contributed by atoms with Gasteiger partial charge in [0.25, 0.3) is 0 Å². The first-order valence-electron chi connectivity index (χ1n) is 8.85. The lowest BCUT2D eigenvalue weighted by molar-refractivity contribution is 0.413. The van der Waals surface area contributed by atoms with Crippen molar-refractivity contribution >= 4 is 11.5 Å². The van der Waals surface area contributed by atoms with E-state index in [2.05, 4.69) is 44.0 Å². The summed E-state index contributed by atoms with van der Waals surface area (Å²) in [6, 6.07) is 18.3. The Kier molecular flexibility index (Phi) is 4.69. The highest BCUT2D eigenvalue weighted by Gasteiger charge is 2.20. The number of nitrogens with zero attached hydrogens (tertiary/aromatic N) is 4. The smallest absolute Gasteiger partial charge is 0.147 e. The van der Waals surface area contributed by atoms with Gasteiger partial charge in [0.15, 0.2) is 0 Å². The summed E-state index contributed by atoms with van der Waals surface area (Å²) in [6.45, 7) is 3.69. The van der Waals surface area contributed by atoms with Crippen LogP contribution >= 0.6 is 0 Å². The second kappa shape index (κ2) is 7.44. The largest absolute Gasteiger partial charge is 0.495 e. The molecule has 1 saturated heterocycles. The number of aromatic nitrogens is 2. The van der Waals surface area contributed by atoms with Crippen LogP contribution in [0.2, 0.25) is 0 Å². The fourth-order valence-corrected chi connectivity index (χ4v) is 3.31. The van der Waals surface area contributed by atoms with E-state index in [0.717, 1.165) is 54.7 Å². The number of hydrogen-bond acceptors (Lipinski definition) is 5. The first-order valence-corrected chi connectivity index (χ1v) is 8.85. The maximum absolute atomic E-state index is 5.49. The molecule has 1 aromatic heterocycles. The lowest BCUT2D eigenvalue weighted by Crippen LogP contribution is -2.47. The Morgan fingerprint density at radius 2 is 1.46 bits per heavy atom. The van der Waals surface area contributed by atoms with Gasteiger partial charge in [0, 0.05) is 31.7 Å². The molecular weight excluding hydrogens is 324 g/mol. The van der Waals surface area contributed by atoms with Crippen molar-refractivity contribution < 1.29 is 4.74 Å². The Morgan fingerprint density at radius 1 is 0.769 bits per heavy atom. The van der Waals surface area contributed by atoms with E-state index < -0.39 is 0 Å². The molecule has 1 fully saturated rings. The number of hydrogen-bond donors (Lipinski definition) is 0. The van der Waals surface area contributed by atoms with E-state index in [-0.39, 0.29) is 0 Å². The van der Waals surface area contributed by atoms with E-state index >= 15 is 0 Å². The van der Waals surface area contributed by atoms with Gasteiger partial charge in [-0.05, 0) is 12.1 Å². The standard InChI is InChI=1S/C21H22N4O/c1-26-20-10-6-5-9-19(20)24-11-13-25(14-12-24)21-16-22-18(15-23-21)17-7-3-2-4-8-17/h2-10,15-16H,11-14H2,1H3. The average molecular weight is 346 g/mol. The van der Waals surface area contributed by atoms with Gasteiger partial charge >= 0.3 is 0 Å². The van der Waals surface area contributed by atoms with Crippen molar-refractivity contribution in [3.63, 3.8) is 0 Å². The Labute approximate surface area is 153 Å². The topological polar surface area (TPSA) is 41.5 Å². The summed E-state index contributed by atoms with van der Waals surface area (Å²) in [5.74, 6) is 1.86. The van der Waals surface area contributed by atoms with Crippen molar-refractivity contribution in [2.75, 3.05) is 43.1 Å². The molecule has 5 heteroatoms. The molecule has 2 aromatic carbocycles. The number of anilines is 2. The lowest BCUT2D eigenvalue weighted by Gasteiger charge is -2.37. The minimum Gasteiger partial charge on any atom is -0.495 e. The van der Waals surface area contributed by atoms with Crippen LogP contribution in [0.4, 0.5) is 11.5 Å². The highest BCUT2D eigenvalue weighted by molar-refractivity contribution is 5.60. The summed E-state index contributed by atoms with van der Waals surface area (Å²) in [5, 5.41) is 0. The maximum Gasteiger partial charge on any atom is 0.147 e. The second-order valence-corrected chi connectivity index (χ2v) is 6.27. The lowest BCUT2D eigenvalue weighted by atomic mass is 10.2. The van der Waals surface area contributed by atoms with E-state index in [1.165, 1.54) is 0 Å². The van der Waals surface area contributed by atoms with Crippen molar-refractivity contribution in [3.05, 3.63) is 67.0 Å². The number of para-hydroxylation sites is 2. The molecular formula is C21H22N4O. The molecule has 132 valence electrons. The Hall–Kier alpha value is -3.08. The third-order valence-corrected chi connectivity index (χ3v) is 4.74. The molecule has 0 saturated carbocycles. The highest BCUT2D eigenvalue weighted by Crippen LogP contribution is 2.29. The van der Waals surface area contributed by atoms with Gasteiger partial charge in [-0.15, -0.1) is 0 Å². The van der Waals surface area contributed by atoms with Crippen LogP contribution in [0, 0.1) is 0 Å². The molecule has 0 unspecified atom stereocenters. The zero-order valence-electron chi connectivity index (χ0n) is 14.9. The molecule has 3 aromatic rings. The summed E-state index contributed by atoms with van der Waals surface area (Å²) in [5.41, 5.74) is 3.15. The summed E-state index contributed by atoms with van der Waals surface area (Å²) >= 11 is 0. The van der Waals surface area contributed by atoms with Gasteiger partial charge in [0.05, 0.1) is 30.9 Å². The van der Waals surface area contributed by atoms with Crippen LogP contribution < -0.4 is 14.5 Å². The zero-order chi connectivity index (χ0) is 17.8. The number of ether oxygens (including phenoxy) is 1. The first-order chi connectivity index (χ1) is 12.8. The normalized spacial score (nSPS) is 14.3. The summed E-state index contributed by atoms with van der Waals surface area (Å²) < 4.78 is 5.49. The van der Waals surface area contributed by atoms with Gasteiger partial charge < -0.3 is 14.5 Å². The molecule has 0 atom stereocenters. The van der Waals surface area contributed by atoms with Gasteiger partial charge in [-0.25, -0.2) is 4.98 Å². The van der Waals surface area contributed by atoms with Crippen LogP contribution in [0.15, 0.2) is 67.0 Å². The third-order valence-electron chi connectivity index (χ3n) is 4.74. The molecule has 1 aliphatic rings. The number of piperazine rings is 1.